The molecule has 0 saturated carbocycles. The molecule has 1 aromatic heterocycles. The SMILES string of the molecule is CCC(C(=O)N1CCN(Cc2nnnn2-c2ccc(OC)cc2)CC1)c1ccccc1. The van der Waals surface area contributed by atoms with Crippen molar-refractivity contribution < 1.29 is 9.53 Å². The summed E-state index contributed by atoms with van der Waals surface area (Å²) in [4.78, 5) is 17.4. The molecule has 4 rings (SSSR count). The molecule has 0 bridgehead atoms. The number of rotatable bonds is 7. The monoisotopic (exact) mass is 420 g/mol. The lowest BCUT2D eigenvalue weighted by Crippen LogP contribution is -2.49. The number of benzene rings is 2. The van der Waals surface area contributed by atoms with Gasteiger partial charge in [0.25, 0.3) is 0 Å². The normalized spacial score (nSPS) is 15.6. The zero-order chi connectivity index (χ0) is 21.6. The Balaban J connectivity index is 1.37. The molecule has 1 amide bonds. The summed E-state index contributed by atoms with van der Waals surface area (Å²) in [6, 6.07) is 17.7. The second-order valence-corrected chi connectivity index (χ2v) is 7.68. The Labute approximate surface area is 182 Å². The zero-order valence-electron chi connectivity index (χ0n) is 18.0. The highest BCUT2D eigenvalue weighted by molar-refractivity contribution is 5.83. The van der Waals surface area contributed by atoms with Gasteiger partial charge in [0.2, 0.25) is 5.91 Å². The Morgan fingerprint density at radius 3 is 2.39 bits per heavy atom. The lowest BCUT2D eigenvalue weighted by atomic mass is 9.95. The molecule has 8 heteroatoms. The Morgan fingerprint density at radius 2 is 1.74 bits per heavy atom. The van der Waals surface area contributed by atoms with Crippen molar-refractivity contribution in [3.63, 3.8) is 0 Å². The molecule has 1 fully saturated rings. The molecule has 162 valence electrons. The number of carbonyl (C=O) groups is 1. The number of hydrogen-bond donors (Lipinski definition) is 0. The molecule has 2 heterocycles. The molecule has 31 heavy (non-hydrogen) atoms. The number of tetrazole rings is 1. The van der Waals surface area contributed by atoms with Gasteiger partial charge in [-0.25, -0.2) is 0 Å². The van der Waals surface area contributed by atoms with Crippen LogP contribution >= 0.6 is 0 Å². The van der Waals surface area contributed by atoms with Crippen molar-refractivity contribution in [2.75, 3.05) is 33.3 Å². The number of nitrogens with zero attached hydrogens (tertiary/aromatic N) is 6. The summed E-state index contributed by atoms with van der Waals surface area (Å²) in [6.07, 6.45) is 0.805. The van der Waals surface area contributed by atoms with Gasteiger partial charge >= 0.3 is 0 Å². The molecular weight excluding hydrogens is 392 g/mol. The van der Waals surface area contributed by atoms with Crippen LogP contribution < -0.4 is 4.74 Å². The topological polar surface area (TPSA) is 76.4 Å². The predicted molar refractivity (Wildman–Crippen MR) is 117 cm³/mol. The lowest BCUT2D eigenvalue weighted by Gasteiger charge is -2.36. The summed E-state index contributed by atoms with van der Waals surface area (Å²) >= 11 is 0. The first kappa shape index (κ1) is 21.0. The summed E-state index contributed by atoms with van der Waals surface area (Å²) in [5.41, 5.74) is 1.99. The molecule has 2 aromatic carbocycles. The second kappa shape index (κ2) is 9.70. The standard InChI is InChI=1S/C23H28N6O2/c1-3-21(18-7-5-4-6-8-18)23(30)28-15-13-27(14-16-28)17-22-24-25-26-29(22)19-9-11-20(31-2)12-10-19/h4-12,21H,3,13-17H2,1-2H3. The molecule has 0 spiro atoms. The Bertz CT molecular complexity index is 981. The average Bonchev–Trinajstić information content (AvgIpc) is 3.29. The van der Waals surface area contributed by atoms with E-state index in [1.54, 1.807) is 11.8 Å². The maximum Gasteiger partial charge on any atom is 0.230 e. The van der Waals surface area contributed by atoms with Crippen LogP contribution in [-0.2, 0) is 11.3 Å². The van der Waals surface area contributed by atoms with Gasteiger partial charge in [-0.15, -0.1) is 5.10 Å². The molecule has 1 aliphatic rings. The predicted octanol–water partition coefficient (Wildman–Crippen LogP) is 2.51. The van der Waals surface area contributed by atoms with Crippen molar-refractivity contribution in [3.05, 3.63) is 66.0 Å². The number of hydrogen-bond acceptors (Lipinski definition) is 6. The summed E-state index contributed by atoms with van der Waals surface area (Å²) in [6.45, 7) is 5.74. The molecule has 1 unspecified atom stereocenters. The van der Waals surface area contributed by atoms with Gasteiger partial charge < -0.3 is 9.64 Å². The first-order chi connectivity index (χ1) is 15.2. The second-order valence-electron chi connectivity index (χ2n) is 7.68. The number of methoxy groups -OCH3 is 1. The number of piperazine rings is 1. The fourth-order valence-corrected chi connectivity index (χ4v) is 4.01. The van der Waals surface area contributed by atoms with Gasteiger partial charge in [-0.1, -0.05) is 37.3 Å². The molecule has 1 atom stereocenters. The van der Waals surface area contributed by atoms with E-state index in [-0.39, 0.29) is 11.8 Å². The first-order valence-corrected chi connectivity index (χ1v) is 10.7. The summed E-state index contributed by atoms with van der Waals surface area (Å²) in [5, 5.41) is 12.2. The van der Waals surface area contributed by atoms with Gasteiger partial charge in [-0.3, -0.25) is 9.69 Å². The van der Waals surface area contributed by atoms with Crippen LogP contribution in [0.15, 0.2) is 54.6 Å². The Morgan fingerprint density at radius 1 is 1.03 bits per heavy atom. The Hall–Kier alpha value is -3.26. The van der Waals surface area contributed by atoms with E-state index in [1.165, 1.54) is 0 Å². The van der Waals surface area contributed by atoms with E-state index < -0.39 is 0 Å². The molecule has 0 aliphatic carbocycles. The van der Waals surface area contributed by atoms with Gasteiger partial charge in [0.05, 0.1) is 25.3 Å². The molecular formula is C23H28N6O2. The van der Waals surface area contributed by atoms with Crippen LogP contribution in [0.4, 0.5) is 0 Å². The van der Waals surface area contributed by atoms with E-state index in [9.17, 15) is 4.79 Å². The van der Waals surface area contributed by atoms with E-state index in [0.29, 0.717) is 19.6 Å². The lowest BCUT2D eigenvalue weighted by molar-refractivity contribution is -0.134. The minimum Gasteiger partial charge on any atom is -0.497 e. The minimum atomic E-state index is -0.0740. The van der Waals surface area contributed by atoms with E-state index in [4.69, 9.17) is 4.74 Å². The third-order valence-corrected chi connectivity index (χ3v) is 5.81. The van der Waals surface area contributed by atoms with Crippen LogP contribution in [0.2, 0.25) is 0 Å². The Kier molecular flexibility index (Phi) is 6.57. The highest BCUT2D eigenvalue weighted by Crippen LogP contribution is 2.23. The van der Waals surface area contributed by atoms with Crippen LogP contribution in [0.1, 0.15) is 30.7 Å². The molecule has 1 saturated heterocycles. The summed E-state index contributed by atoms with van der Waals surface area (Å²) in [7, 11) is 1.64. The van der Waals surface area contributed by atoms with Crippen LogP contribution in [0.3, 0.4) is 0 Å². The third kappa shape index (κ3) is 4.74. The first-order valence-electron chi connectivity index (χ1n) is 10.7. The zero-order valence-corrected chi connectivity index (χ0v) is 18.0. The van der Waals surface area contributed by atoms with Gasteiger partial charge in [-0.2, -0.15) is 4.68 Å². The van der Waals surface area contributed by atoms with E-state index >= 15 is 0 Å². The molecule has 0 N–H and O–H groups in total. The maximum absolute atomic E-state index is 13.1. The van der Waals surface area contributed by atoms with Gasteiger partial charge in [-0.05, 0) is 46.7 Å². The highest BCUT2D eigenvalue weighted by atomic mass is 16.5. The number of ether oxygens (including phenoxy) is 1. The fourth-order valence-electron chi connectivity index (χ4n) is 4.01. The van der Waals surface area contributed by atoms with Crippen LogP contribution in [0.25, 0.3) is 5.69 Å². The van der Waals surface area contributed by atoms with Crippen LogP contribution in [0.5, 0.6) is 5.75 Å². The van der Waals surface area contributed by atoms with E-state index in [0.717, 1.165) is 42.3 Å². The quantitative estimate of drug-likeness (QED) is 0.585. The largest absolute Gasteiger partial charge is 0.497 e. The van der Waals surface area contributed by atoms with Crippen molar-refractivity contribution in [3.8, 4) is 11.4 Å². The molecule has 3 aromatic rings. The molecule has 8 nitrogen and oxygen atoms in total. The number of aromatic nitrogens is 4. The summed E-state index contributed by atoms with van der Waals surface area (Å²) < 4.78 is 6.97. The van der Waals surface area contributed by atoms with Crippen LogP contribution in [0, 0.1) is 0 Å². The van der Waals surface area contributed by atoms with Crippen LogP contribution in [-0.4, -0.2) is 69.2 Å². The van der Waals surface area contributed by atoms with Crippen molar-refractivity contribution in [2.45, 2.75) is 25.8 Å². The van der Waals surface area contributed by atoms with Crippen molar-refractivity contribution in [2.24, 2.45) is 0 Å². The van der Waals surface area contributed by atoms with Crippen molar-refractivity contribution >= 4 is 5.91 Å². The van der Waals surface area contributed by atoms with Gasteiger partial charge in [0, 0.05) is 26.2 Å². The summed E-state index contributed by atoms with van der Waals surface area (Å²) in [5.74, 6) is 1.72. The van der Waals surface area contributed by atoms with Crippen molar-refractivity contribution in [1.82, 2.24) is 30.0 Å². The average molecular weight is 421 g/mol. The highest BCUT2D eigenvalue weighted by Gasteiger charge is 2.28. The fraction of sp³-hybridized carbons (Fsp3) is 0.391. The van der Waals surface area contributed by atoms with Gasteiger partial charge in [0.15, 0.2) is 5.82 Å². The minimum absolute atomic E-state index is 0.0740. The van der Waals surface area contributed by atoms with E-state index in [2.05, 4.69) is 27.3 Å². The number of carbonyl (C=O) groups excluding carboxylic acids is 1. The van der Waals surface area contributed by atoms with Crippen molar-refractivity contribution in [1.29, 1.82) is 0 Å². The smallest absolute Gasteiger partial charge is 0.230 e. The van der Waals surface area contributed by atoms with E-state index in [1.807, 2.05) is 59.5 Å². The maximum atomic E-state index is 13.1. The number of amides is 1. The molecule has 1 aliphatic heterocycles. The third-order valence-electron chi connectivity index (χ3n) is 5.81. The van der Waals surface area contributed by atoms with Gasteiger partial charge in [0.1, 0.15) is 5.75 Å². The molecule has 0 radical (unpaired) electrons.